The van der Waals surface area contributed by atoms with Crippen molar-refractivity contribution in [2.75, 3.05) is 5.32 Å². The fourth-order valence-corrected chi connectivity index (χ4v) is 3.50. The summed E-state index contributed by atoms with van der Waals surface area (Å²) in [4.78, 5) is 12.6. The minimum atomic E-state index is -0.606. The third kappa shape index (κ3) is 2.22. The molecule has 1 aromatic carbocycles. The quantitative estimate of drug-likeness (QED) is 0.815. The van der Waals surface area contributed by atoms with Crippen molar-refractivity contribution < 1.29 is 9.53 Å². The minimum Gasteiger partial charge on any atom is -0.438 e. The maximum atomic E-state index is 11.5. The van der Waals surface area contributed by atoms with E-state index < -0.39 is 11.7 Å². The van der Waals surface area contributed by atoms with E-state index in [0.717, 1.165) is 21.0 Å². The zero-order chi connectivity index (χ0) is 13.6. The highest BCUT2D eigenvalue weighted by molar-refractivity contribution is 7.19. The van der Waals surface area contributed by atoms with Gasteiger partial charge in [-0.2, -0.15) is 0 Å². The fraction of sp³-hybridized carbons (Fsp3) is 0.214. The van der Waals surface area contributed by atoms with Gasteiger partial charge in [0.25, 0.3) is 0 Å². The number of nitrogens with one attached hydrogen (secondary N) is 1. The van der Waals surface area contributed by atoms with Crippen molar-refractivity contribution in [2.24, 2.45) is 0 Å². The van der Waals surface area contributed by atoms with E-state index in [1.165, 1.54) is 11.3 Å². The maximum absolute atomic E-state index is 11.5. The molecule has 98 valence electrons. The number of ether oxygens (including phenoxy) is 1. The molecular weight excluding hydrogens is 282 g/mol. The van der Waals surface area contributed by atoms with Crippen molar-refractivity contribution in [2.45, 2.75) is 19.4 Å². The second-order valence-corrected chi connectivity index (χ2v) is 6.38. The van der Waals surface area contributed by atoms with Crippen LogP contribution < -0.4 is 5.32 Å². The molecule has 3 nitrogen and oxygen atoms in total. The Hall–Kier alpha value is -1.52. The van der Waals surface area contributed by atoms with Gasteiger partial charge in [-0.15, -0.1) is 11.3 Å². The number of rotatable bonds is 1. The van der Waals surface area contributed by atoms with Crippen LogP contribution in [-0.2, 0) is 10.3 Å². The van der Waals surface area contributed by atoms with E-state index in [2.05, 4.69) is 5.32 Å². The van der Waals surface area contributed by atoms with Gasteiger partial charge in [0.05, 0.1) is 0 Å². The predicted octanol–water partition coefficient (Wildman–Crippen LogP) is 4.87. The Morgan fingerprint density at radius 2 is 2.11 bits per heavy atom. The van der Waals surface area contributed by atoms with Gasteiger partial charge in [0, 0.05) is 15.5 Å². The normalized spacial score (nSPS) is 16.5. The van der Waals surface area contributed by atoms with Gasteiger partial charge in [0.1, 0.15) is 10.6 Å². The molecule has 0 aliphatic carbocycles. The van der Waals surface area contributed by atoms with Crippen molar-refractivity contribution in [1.29, 1.82) is 0 Å². The molecule has 0 saturated heterocycles. The molecule has 1 N–H and O–H groups in total. The first kappa shape index (κ1) is 12.5. The van der Waals surface area contributed by atoms with Crippen molar-refractivity contribution in [3.8, 4) is 10.4 Å². The van der Waals surface area contributed by atoms with Crippen molar-refractivity contribution in [3.05, 3.63) is 40.9 Å². The Labute approximate surface area is 120 Å². The molecule has 5 heteroatoms. The van der Waals surface area contributed by atoms with Gasteiger partial charge in [0.2, 0.25) is 0 Å². The Balaban J connectivity index is 2.10. The highest BCUT2D eigenvalue weighted by atomic mass is 35.5. The maximum Gasteiger partial charge on any atom is 0.413 e. The van der Waals surface area contributed by atoms with Gasteiger partial charge >= 0.3 is 6.09 Å². The van der Waals surface area contributed by atoms with Crippen LogP contribution in [0.4, 0.5) is 9.80 Å². The van der Waals surface area contributed by atoms with Crippen LogP contribution in [0.5, 0.6) is 0 Å². The summed E-state index contributed by atoms with van der Waals surface area (Å²) < 4.78 is 5.30. The van der Waals surface area contributed by atoms with Crippen LogP contribution in [0.15, 0.2) is 30.3 Å². The molecule has 1 aromatic heterocycles. The first-order chi connectivity index (χ1) is 8.95. The summed E-state index contributed by atoms with van der Waals surface area (Å²) in [6.45, 7) is 3.78. The summed E-state index contributed by atoms with van der Waals surface area (Å²) in [5.74, 6) is 0. The molecule has 1 amide bonds. The number of thiophene rings is 1. The molecule has 0 saturated carbocycles. The van der Waals surface area contributed by atoms with E-state index in [0.29, 0.717) is 5.02 Å². The van der Waals surface area contributed by atoms with E-state index >= 15 is 0 Å². The molecule has 0 bridgehead atoms. The lowest BCUT2D eigenvalue weighted by Crippen LogP contribution is -2.33. The van der Waals surface area contributed by atoms with E-state index in [-0.39, 0.29) is 0 Å². The van der Waals surface area contributed by atoms with Crippen molar-refractivity contribution in [1.82, 2.24) is 0 Å². The molecule has 2 aromatic rings. The summed E-state index contributed by atoms with van der Waals surface area (Å²) in [6, 6.07) is 9.71. The molecule has 19 heavy (non-hydrogen) atoms. The van der Waals surface area contributed by atoms with Crippen LogP contribution in [0, 0.1) is 0 Å². The number of carbonyl (C=O) groups is 1. The topological polar surface area (TPSA) is 38.3 Å². The van der Waals surface area contributed by atoms with Crippen molar-refractivity contribution >= 4 is 34.0 Å². The molecule has 0 radical (unpaired) electrons. The van der Waals surface area contributed by atoms with Crippen molar-refractivity contribution in [3.63, 3.8) is 0 Å². The average molecular weight is 294 g/mol. The monoisotopic (exact) mass is 293 g/mol. The van der Waals surface area contributed by atoms with E-state index in [1.54, 1.807) is 0 Å². The second kappa shape index (κ2) is 4.25. The molecular formula is C14H12ClNO2S. The predicted molar refractivity (Wildman–Crippen MR) is 77.9 cm³/mol. The third-order valence-corrected chi connectivity index (χ3v) is 4.39. The smallest absolute Gasteiger partial charge is 0.413 e. The van der Waals surface area contributed by atoms with Crippen LogP contribution in [-0.4, -0.2) is 6.09 Å². The summed E-state index contributed by atoms with van der Waals surface area (Å²) in [5, 5.41) is 4.29. The Morgan fingerprint density at radius 1 is 1.32 bits per heavy atom. The summed E-state index contributed by atoms with van der Waals surface area (Å²) in [6.07, 6.45) is -0.406. The first-order valence-corrected chi connectivity index (χ1v) is 7.05. The third-order valence-electron chi connectivity index (χ3n) is 3.05. The van der Waals surface area contributed by atoms with Crippen LogP contribution in [0.1, 0.15) is 19.4 Å². The summed E-state index contributed by atoms with van der Waals surface area (Å²) >= 11 is 7.54. The van der Waals surface area contributed by atoms with Crippen LogP contribution in [0.2, 0.25) is 5.02 Å². The van der Waals surface area contributed by atoms with Gasteiger partial charge in [-0.1, -0.05) is 23.7 Å². The molecule has 0 spiro atoms. The second-order valence-electron chi connectivity index (χ2n) is 4.89. The first-order valence-electron chi connectivity index (χ1n) is 5.86. The van der Waals surface area contributed by atoms with E-state index in [4.69, 9.17) is 16.3 Å². The van der Waals surface area contributed by atoms with E-state index in [1.807, 2.05) is 44.2 Å². The molecule has 1 aliphatic heterocycles. The van der Waals surface area contributed by atoms with Crippen LogP contribution in [0.3, 0.4) is 0 Å². The molecule has 2 heterocycles. The summed E-state index contributed by atoms with van der Waals surface area (Å²) in [7, 11) is 0. The number of halogens is 1. The number of amides is 1. The van der Waals surface area contributed by atoms with Gasteiger partial charge in [-0.3, -0.25) is 5.32 Å². The number of carbonyl (C=O) groups excluding carboxylic acids is 1. The van der Waals surface area contributed by atoms with Gasteiger partial charge in [-0.05, 0) is 37.6 Å². The number of benzene rings is 1. The molecule has 0 unspecified atom stereocenters. The minimum absolute atomic E-state index is 0.406. The van der Waals surface area contributed by atoms with Gasteiger partial charge < -0.3 is 4.74 Å². The zero-order valence-corrected chi connectivity index (χ0v) is 12.1. The number of fused-ring (bicyclic) bond motifs is 1. The van der Waals surface area contributed by atoms with Crippen LogP contribution >= 0.6 is 22.9 Å². The van der Waals surface area contributed by atoms with E-state index in [9.17, 15) is 4.79 Å². The molecule has 1 aliphatic rings. The Kier molecular flexibility index (Phi) is 2.80. The van der Waals surface area contributed by atoms with Crippen LogP contribution in [0.25, 0.3) is 10.4 Å². The molecule has 3 rings (SSSR count). The summed E-state index contributed by atoms with van der Waals surface area (Å²) in [5.41, 5.74) is 1.43. The lowest BCUT2D eigenvalue weighted by molar-refractivity contribution is 0.0426. The lowest BCUT2D eigenvalue weighted by Gasteiger charge is -2.29. The Bertz CT molecular complexity index is 663. The number of hydrogen-bond donors (Lipinski definition) is 1. The highest BCUT2D eigenvalue weighted by Gasteiger charge is 2.35. The molecule has 0 fully saturated rings. The standard InChI is InChI=1S/C14H12ClNO2S/c1-14(2)10-7-11(8-4-3-5-9(15)6-8)19-12(10)16-13(17)18-14/h3-7H,1-2H3,(H,16,17). The number of hydrogen-bond acceptors (Lipinski definition) is 3. The molecule has 0 atom stereocenters. The largest absolute Gasteiger partial charge is 0.438 e. The number of cyclic esters (lactones) is 1. The average Bonchev–Trinajstić information content (AvgIpc) is 2.72. The highest BCUT2D eigenvalue weighted by Crippen LogP contribution is 2.44. The lowest BCUT2D eigenvalue weighted by atomic mass is 9.98. The van der Waals surface area contributed by atoms with Gasteiger partial charge in [-0.25, -0.2) is 4.79 Å². The zero-order valence-electron chi connectivity index (χ0n) is 10.5. The SMILES string of the molecule is CC1(C)OC(=O)Nc2sc(-c3cccc(Cl)c3)cc21. The fourth-order valence-electron chi connectivity index (χ4n) is 2.12. The van der Waals surface area contributed by atoms with Gasteiger partial charge in [0.15, 0.2) is 0 Å². The Morgan fingerprint density at radius 3 is 2.84 bits per heavy atom. The number of anilines is 1.